The second-order valence-electron chi connectivity index (χ2n) is 19.5. The Labute approximate surface area is 402 Å². The molecule has 5 amide bonds. The highest BCUT2D eigenvalue weighted by Crippen LogP contribution is 2.42. The number of thiazole rings is 1. The summed E-state index contributed by atoms with van der Waals surface area (Å²) in [5.41, 5.74) is 6.21. The number of nitrogens with one attached hydrogen (secondary N) is 2. The van der Waals surface area contributed by atoms with Crippen LogP contribution in [0.4, 0.5) is 4.79 Å². The Morgan fingerprint density at radius 3 is 2.62 bits per heavy atom. The first kappa shape index (κ1) is 50.2. The highest BCUT2D eigenvalue weighted by molar-refractivity contribution is 7.10. The molecule has 6 bridgehead atoms. The van der Waals surface area contributed by atoms with Crippen LogP contribution in [0, 0.1) is 11.3 Å². The standard InChI is InChI=1S/C50H67N9O8S/c1-11-41(60)55(8)33-16-14-22-57(27-33)48(64)56(9)43(30(3)4)45(61)53-37-25-40-52-38(28-68-40)32-18-19-39-35(24-32)36(44(58(39)12-2)34-17-13-21-51-42(34)31(5)66-10)26-49(6,7)29-67-47(63)50(65)20-15-23-59(54-50)46(37)62/h11,13,17-19,21,24,28,30-31,33,37,43,54,65H,1,12,14-16,20,22-23,25-27,29H2,2-10H3,(H,53,61)/t31-,33+,37-,43-,50-/m0/s1. The van der Waals surface area contributed by atoms with Gasteiger partial charge in [-0.1, -0.05) is 40.3 Å². The molecule has 7 rings (SSSR count). The smallest absolute Gasteiger partial charge is 0.355 e. The van der Waals surface area contributed by atoms with E-state index in [9.17, 15) is 29.1 Å². The molecule has 366 valence electrons. The van der Waals surface area contributed by atoms with E-state index >= 15 is 0 Å². The van der Waals surface area contributed by atoms with Crippen molar-refractivity contribution >= 4 is 52.0 Å². The van der Waals surface area contributed by atoms with Crippen LogP contribution in [0.5, 0.6) is 0 Å². The third-order valence-electron chi connectivity index (χ3n) is 13.6. The molecule has 4 aromatic rings. The lowest BCUT2D eigenvalue weighted by Crippen LogP contribution is -2.67. The number of cyclic esters (lactones) is 1. The molecule has 3 aromatic heterocycles. The predicted octanol–water partition coefficient (Wildman–Crippen LogP) is 5.71. The number of amides is 5. The maximum atomic E-state index is 14.7. The molecule has 2 fully saturated rings. The number of hydrogen-bond donors (Lipinski definition) is 3. The summed E-state index contributed by atoms with van der Waals surface area (Å²) in [5, 5.41) is 19.5. The van der Waals surface area contributed by atoms with Crippen molar-refractivity contribution in [2.75, 3.05) is 47.4 Å². The van der Waals surface area contributed by atoms with Crippen molar-refractivity contribution in [1.29, 1.82) is 0 Å². The van der Waals surface area contributed by atoms with Crippen LogP contribution >= 0.6 is 11.3 Å². The first-order valence-corrected chi connectivity index (χ1v) is 24.5. The second kappa shape index (κ2) is 20.5. The summed E-state index contributed by atoms with van der Waals surface area (Å²) < 4.78 is 14.0. The molecular weight excluding hydrogens is 887 g/mol. The predicted molar refractivity (Wildman–Crippen MR) is 260 cm³/mol. The number of benzene rings is 1. The van der Waals surface area contributed by atoms with E-state index in [1.165, 1.54) is 27.3 Å². The number of carbonyl (C=O) groups excluding carboxylic acids is 5. The van der Waals surface area contributed by atoms with Crippen LogP contribution in [0.3, 0.4) is 0 Å². The van der Waals surface area contributed by atoms with Gasteiger partial charge in [-0.3, -0.25) is 24.4 Å². The number of hydrazine groups is 1. The molecule has 0 radical (unpaired) electrons. The van der Waals surface area contributed by atoms with Gasteiger partial charge >= 0.3 is 12.0 Å². The molecule has 3 N–H and O–H groups in total. The number of rotatable bonds is 10. The number of urea groups is 1. The molecule has 18 heteroatoms. The number of esters is 1. The molecule has 6 heterocycles. The number of nitrogens with zero attached hydrogens (tertiary/aromatic N) is 7. The minimum Gasteiger partial charge on any atom is -0.462 e. The molecule has 1 aromatic carbocycles. The Morgan fingerprint density at radius 1 is 1.15 bits per heavy atom. The zero-order valence-corrected chi connectivity index (χ0v) is 41.7. The maximum absolute atomic E-state index is 14.7. The molecule has 17 nitrogen and oxygen atoms in total. The minimum atomic E-state index is -2.23. The third-order valence-corrected chi connectivity index (χ3v) is 14.5. The van der Waals surface area contributed by atoms with Gasteiger partial charge in [-0.2, -0.15) is 5.43 Å². The summed E-state index contributed by atoms with van der Waals surface area (Å²) in [6.45, 7) is 16.9. The molecule has 0 unspecified atom stereocenters. The number of aliphatic hydroxyl groups is 1. The number of pyridine rings is 1. The van der Waals surface area contributed by atoms with E-state index in [4.69, 9.17) is 19.4 Å². The molecule has 0 aliphatic carbocycles. The number of likely N-dealkylation sites (N-methyl/N-ethyl adjacent to an activating group) is 2. The summed E-state index contributed by atoms with van der Waals surface area (Å²) in [4.78, 5) is 84.3. The zero-order valence-electron chi connectivity index (χ0n) is 40.8. The number of fused-ring (bicyclic) bond motifs is 6. The molecule has 3 aliphatic rings. The van der Waals surface area contributed by atoms with Crippen molar-refractivity contribution in [3.63, 3.8) is 0 Å². The molecule has 0 saturated carbocycles. The van der Waals surface area contributed by atoms with E-state index in [0.29, 0.717) is 43.2 Å². The summed E-state index contributed by atoms with van der Waals surface area (Å²) in [6.07, 6.45) is 4.84. The SMILES string of the molecule is C=CC(=O)N(C)[C@@H]1CCCN(C(=O)N(C)[C@H](C(=O)N[C@H]2Cc3nc(cs3)-c3ccc4c(c3)c(c(-c3cccnc3[C@H](C)OC)n4CC)CC(C)(C)COC(=O)[C@@]3(O)CCCN(N3)C2=O)C(C)C)C1. The van der Waals surface area contributed by atoms with E-state index < -0.39 is 41.0 Å². The molecular formula is C50H67N9O8S. The highest BCUT2D eigenvalue weighted by atomic mass is 32.1. The van der Waals surface area contributed by atoms with Gasteiger partial charge in [0.1, 0.15) is 12.1 Å². The molecule has 3 aliphatic heterocycles. The van der Waals surface area contributed by atoms with E-state index in [1.807, 2.05) is 52.1 Å². The number of aromatic nitrogens is 3. The summed E-state index contributed by atoms with van der Waals surface area (Å²) in [5.74, 6) is -2.68. The van der Waals surface area contributed by atoms with Crippen LogP contribution in [0.1, 0.15) is 89.6 Å². The van der Waals surface area contributed by atoms with Gasteiger partial charge in [-0.05, 0) is 81.4 Å². The topological polar surface area (TPSA) is 192 Å². The number of ether oxygens (including phenoxy) is 2. The zero-order chi connectivity index (χ0) is 49.2. The number of hydrogen-bond acceptors (Lipinski definition) is 12. The van der Waals surface area contributed by atoms with Gasteiger partial charge in [-0.25, -0.2) is 14.6 Å². The van der Waals surface area contributed by atoms with Gasteiger partial charge in [0.15, 0.2) is 0 Å². The fraction of sp³-hybridized carbons (Fsp3) is 0.540. The van der Waals surface area contributed by atoms with Crippen molar-refractivity contribution in [3.8, 4) is 22.5 Å². The normalized spacial score (nSPS) is 22.0. The van der Waals surface area contributed by atoms with E-state index in [-0.39, 0.29) is 62.4 Å². The van der Waals surface area contributed by atoms with Crippen molar-refractivity contribution in [1.82, 2.24) is 45.0 Å². The highest BCUT2D eigenvalue weighted by Gasteiger charge is 2.46. The minimum absolute atomic E-state index is 0.0154. The van der Waals surface area contributed by atoms with Crippen molar-refractivity contribution in [3.05, 3.63) is 70.8 Å². The maximum Gasteiger partial charge on any atom is 0.355 e. The van der Waals surface area contributed by atoms with Gasteiger partial charge in [-0.15, -0.1) is 11.3 Å². The van der Waals surface area contributed by atoms with Crippen LogP contribution in [0.15, 0.2) is 54.6 Å². The van der Waals surface area contributed by atoms with Crippen molar-refractivity contribution in [2.45, 2.75) is 117 Å². The van der Waals surface area contributed by atoms with E-state index in [0.717, 1.165) is 45.4 Å². The van der Waals surface area contributed by atoms with Gasteiger partial charge in [0.25, 0.3) is 5.91 Å². The Bertz CT molecular complexity index is 2560. The molecule has 68 heavy (non-hydrogen) atoms. The molecule has 2 saturated heterocycles. The summed E-state index contributed by atoms with van der Waals surface area (Å²) in [7, 11) is 4.93. The number of likely N-dealkylation sites (tertiary alicyclic amines) is 1. The third kappa shape index (κ3) is 10.2. The summed E-state index contributed by atoms with van der Waals surface area (Å²) >= 11 is 1.36. The van der Waals surface area contributed by atoms with Crippen LogP contribution in [-0.4, -0.2) is 140 Å². The first-order chi connectivity index (χ1) is 32.3. The lowest BCUT2D eigenvalue weighted by Gasteiger charge is -2.41. The van der Waals surface area contributed by atoms with E-state index in [1.54, 1.807) is 37.2 Å². The van der Waals surface area contributed by atoms with Crippen LogP contribution in [0.25, 0.3) is 33.4 Å². The number of methoxy groups -OCH3 is 1. The Morgan fingerprint density at radius 2 is 1.91 bits per heavy atom. The van der Waals surface area contributed by atoms with E-state index in [2.05, 4.69) is 47.0 Å². The van der Waals surface area contributed by atoms with Gasteiger partial charge in [0, 0.05) is 105 Å². The number of piperidine rings is 1. The van der Waals surface area contributed by atoms with Crippen molar-refractivity contribution in [2.24, 2.45) is 11.3 Å². The first-order valence-electron chi connectivity index (χ1n) is 23.6. The average Bonchev–Trinajstić information content (AvgIpc) is 3.92. The van der Waals surface area contributed by atoms with Gasteiger partial charge in [0.2, 0.25) is 17.5 Å². The van der Waals surface area contributed by atoms with Crippen molar-refractivity contribution < 1.29 is 38.6 Å². The Balaban J connectivity index is 1.27. The fourth-order valence-electron chi connectivity index (χ4n) is 9.90. The Hall–Kier alpha value is -5.69. The lowest BCUT2D eigenvalue weighted by molar-refractivity contribution is -0.189. The quantitative estimate of drug-likeness (QED) is 0.130. The monoisotopic (exact) mass is 953 g/mol. The summed E-state index contributed by atoms with van der Waals surface area (Å²) in [6, 6.07) is 7.45. The lowest BCUT2D eigenvalue weighted by atomic mass is 9.84. The van der Waals surface area contributed by atoms with Crippen LogP contribution in [0.2, 0.25) is 0 Å². The molecule has 5 atom stereocenters. The average molecular weight is 954 g/mol. The largest absolute Gasteiger partial charge is 0.462 e. The fourth-order valence-corrected chi connectivity index (χ4v) is 10.7. The number of carbonyl (C=O) groups is 5. The van der Waals surface area contributed by atoms with Gasteiger partial charge in [0.05, 0.1) is 34.8 Å². The second-order valence-corrected chi connectivity index (χ2v) is 20.4. The molecule has 0 spiro atoms. The Kier molecular flexibility index (Phi) is 15.1. The number of aryl methyl sites for hydroxylation is 1. The van der Waals surface area contributed by atoms with Gasteiger partial charge < -0.3 is 39.2 Å². The van der Waals surface area contributed by atoms with Crippen LogP contribution in [-0.2, 0) is 48.0 Å². The van der Waals surface area contributed by atoms with Crippen LogP contribution < -0.4 is 10.7 Å².